The molecule has 0 unspecified atom stereocenters. The van der Waals surface area contributed by atoms with Crippen molar-refractivity contribution in [1.29, 1.82) is 0 Å². The van der Waals surface area contributed by atoms with Gasteiger partial charge in [-0.05, 0) is 49.4 Å². The van der Waals surface area contributed by atoms with Crippen molar-refractivity contribution in [3.8, 4) is 0 Å². The van der Waals surface area contributed by atoms with Crippen LogP contribution in [0, 0.1) is 5.92 Å². The lowest BCUT2D eigenvalue weighted by molar-refractivity contribution is -0.119. The van der Waals surface area contributed by atoms with Crippen LogP contribution in [-0.4, -0.2) is 60.5 Å². The van der Waals surface area contributed by atoms with Gasteiger partial charge in [-0.2, -0.15) is 0 Å². The normalized spacial score (nSPS) is 15.6. The second-order valence-corrected chi connectivity index (χ2v) is 9.06. The Kier molecular flexibility index (Phi) is 7.91. The number of benzene rings is 1. The maximum Gasteiger partial charge on any atom is 0.240 e. The maximum absolute atomic E-state index is 12.2. The molecule has 0 bridgehead atoms. The Bertz CT molecular complexity index is 698. The fourth-order valence-electron chi connectivity index (χ4n) is 3.13. The summed E-state index contributed by atoms with van der Waals surface area (Å²) >= 11 is 0. The van der Waals surface area contributed by atoms with Gasteiger partial charge in [0.1, 0.15) is 6.54 Å². The van der Waals surface area contributed by atoms with Gasteiger partial charge < -0.3 is 15.0 Å². The van der Waals surface area contributed by atoms with Crippen molar-refractivity contribution in [2.75, 3.05) is 55.4 Å². The predicted molar refractivity (Wildman–Crippen MR) is 109 cm³/mol. The Morgan fingerprint density at radius 3 is 2.44 bits per heavy atom. The zero-order chi connectivity index (χ0) is 19.9. The van der Waals surface area contributed by atoms with E-state index in [9.17, 15) is 13.2 Å². The summed E-state index contributed by atoms with van der Waals surface area (Å²) in [6.45, 7) is 5.07. The number of ether oxygens (including phenoxy) is 1. The number of sulfonamides is 1. The summed E-state index contributed by atoms with van der Waals surface area (Å²) in [5.74, 6) is 0.425. The van der Waals surface area contributed by atoms with Crippen LogP contribution in [0.1, 0.15) is 26.2 Å². The van der Waals surface area contributed by atoms with Crippen molar-refractivity contribution < 1.29 is 17.9 Å². The zero-order valence-electron chi connectivity index (χ0n) is 16.5. The fourth-order valence-corrected chi connectivity index (χ4v) is 3.98. The molecular formula is C19H31N3O4S. The highest BCUT2D eigenvalue weighted by molar-refractivity contribution is 7.92. The Balaban J connectivity index is 2.02. The first kappa shape index (κ1) is 21.5. The molecule has 2 rings (SSSR count). The number of rotatable bonds is 9. The molecule has 7 nitrogen and oxygen atoms in total. The Labute approximate surface area is 162 Å². The molecule has 0 aromatic heterocycles. The molecule has 1 saturated heterocycles. The van der Waals surface area contributed by atoms with Crippen LogP contribution in [0.4, 0.5) is 11.4 Å². The van der Waals surface area contributed by atoms with Crippen LogP contribution in [0.5, 0.6) is 0 Å². The molecule has 0 aliphatic carbocycles. The van der Waals surface area contributed by atoms with Crippen molar-refractivity contribution in [3.05, 3.63) is 24.3 Å². The van der Waals surface area contributed by atoms with Crippen LogP contribution in [0.25, 0.3) is 0 Å². The number of nitrogens with zero attached hydrogens (tertiary/aromatic N) is 2. The van der Waals surface area contributed by atoms with Crippen molar-refractivity contribution >= 4 is 27.3 Å². The molecule has 1 fully saturated rings. The number of methoxy groups -OCH3 is 1. The van der Waals surface area contributed by atoms with Crippen molar-refractivity contribution in [1.82, 2.24) is 5.32 Å². The number of carbonyl (C=O) groups excluding carboxylic acids is 1. The summed E-state index contributed by atoms with van der Waals surface area (Å²) < 4.78 is 30.4. The molecule has 1 aliphatic heterocycles. The first-order valence-electron chi connectivity index (χ1n) is 9.39. The molecule has 1 aromatic rings. The molecule has 0 spiro atoms. The van der Waals surface area contributed by atoms with Gasteiger partial charge in [-0.15, -0.1) is 0 Å². The van der Waals surface area contributed by atoms with Crippen molar-refractivity contribution in [2.45, 2.75) is 26.2 Å². The van der Waals surface area contributed by atoms with E-state index < -0.39 is 10.0 Å². The third kappa shape index (κ3) is 6.70. The van der Waals surface area contributed by atoms with Gasteiger partial charge in [0.05, 0.1) is 11.9 Å². The highest BCUT2D eigenvalue weighted by Crippen LogP contribution is 2.26. The molecule has 1 aromatic carbocycles. The van der Waals surface area contributed by atoms with Gasteiger partial charge in [0.25, 0.3) is 0 Å². The fraction of sp³-hybridized carbons (Fsp3) is 0.632. The van der Waals surface area contributed by atoms with E-state index >= 15 is 0 Å². The first-order chi connectivity index (χ1) is 12.8. The average Bonchev–Trinajstić information content (AvgIpc) is 2.63. The molecule has 152 valence electrons. The molecule has 0 radical (unpaired) electrons. The van der Waals surface area contributed by atoms with Crippen LogP contribution >= 0.6 is 0 Å². The molecular weight excluding hydrogens is 366 g/mol. The van der Waals surface area contributed by atoms with E-state index in [0.29, 0.717) is 25.3 Å². The molecule has 1 heterocycles. The lowest BCUT2D eigenvalue weighted by Crippen LogP contribution is -2.40. The maximum atomic E-state index is 12.2. The number of piperidine rings is 1. The number of hydrogen-bond acceptors (Lipinski definition) is 5. The van der Waals surface area contributed by atoms with Crippen molar-refractivity contribution in [3.63, 3.8) is 0 Å². The average molecular weight is 398 g/mol. The van der Waals surface area contributed by atoms with Crippen LogP contribution in [0.2, 0.25) is 0 Å². The molecule has 1 N–H and O–H groups in total. The topological polar surface area (TPSA) is 79.0 Å². The first-order valence-corrected chi connectivity index (χ1v) is 11.2. The van der Waals surface area contributed by atoms with E-state index in [1.54, 1.807) is 19.2 Å². The van der Waals surface area contributed by atoms with Crippen LogP contribution in [0.3, 0.4) is 0 Å². The number of amides is 1. The third-order valence-electron chi connectivity index (χ3n) is 4.82. The van der Waals surface area contributed by atoms with Gasteiger partial charge in [0, 0.05) is 39.0 Å². The van der Waals surface area contributed by atoms with E-state index in [1.165, 1.54) is 12.8 Å². The Morgan fingerprint density at radius 1 is 1.26 bits per heavy atom. The number of nitrogens with one attached hydrogen (secondary N) is 1. The second kappa shape index (κ2) is 9.94. The molecule has 0 atom stereocenters. The molecule has 8 heteroatoms. The Morgan fingerprint density at radius 2 is 1.89 bits per heavy atom. The summed E-state index contributed by atoms with van der Waals surface area (Å²) in [5, 5.41) is 2.72. The lowest BCUT2D eigenvalue weighted by atomic mass is 9.99. The van der Waals surface area contributed by atoms with Gasteiger partial charge in [-0.25, -0.2) is 8.42 Å². The van der Waals surface area contributed by atoms with Gasteiger partial charge in [-0.3, -0.25) is 9.10 Å². The van der Waals surface area contributed by atoms with Crippen LogP contribution < -0.4 is 14.5 Å². The standard InChI is InChI=1S/C19H31N3O4S/c1-16-9-12-21(13-10-16)17-5-7-18(8-6-17)22(27(3,24)25)15-19(23)20-11-4-14-26-2/h5-8,16H,4,9-15H2,1-3H3,(H,20,23). The monoisotopic (exact) mass is 397 g/mol. The predicted octanol–water partition coefficient (Wildman–Crippen LogP) is 1.84. The summed E-state index contributed by atoms with van der Waals surface area (Å²) in [4.78, 5) is 14.4. The largest absolute Gasteiger partial charge is 0.385 e. The van der Waals surface area contributed by atoms with Gasteiger partial charge in [0.2, 0.25) is 15.9 Å². The summed E-state index contributed by atoms with van der Waals surface area (Å²) in [5.41, 5.74) is 1.58. The molecule has 0 saturated carbocycles. The molecule has 1 amide bonds. The minimum atomic E-state index is -3.56. The summed E-state index contributed by atoms with van der Waals surface area (Å²) in [6, 6.07) is 7.40. The molecule has 1 aliphatic rings. The molecule has 27 heavy (non-hydrogen) atoms. The van der Waals surface area contributed by atoms with Gasteiger partial charge in [0.15, 0.2) is 0 Å². The van der Waals surface area contributed by atoms with E-state index in [-0.39, 0.29) is 12.5 Å². The minimum absolute atomic E-state index is 0.230. The van der Waals surface area contributed by atoms with Crippen LogP contribution in [0.15, 0.2) is 24.3 Å². The summed E-state index contributed by atoms with van der Waals surface area (Å²) in [7, 11) is -1.96. The smallest absolute Gasteiger partial charge is 0.240 e. The number of carbonyl (C=O) groups is 1. The highest BCUT2D eigenvalue weighted by atomic mass is 32.2. The zero-order valence-corrected chi connectivity index (χ0v) is 17.3. The van der Waals surface area contributed by atoms with E-state index in [1.807, 2.05) is 12.1 Å². The van der Waals surface area contributed by atoms with E-state index in [4.69, 9.17) is 4.74 Å². The highest BCUT2D eigenvalue weighted by Gasteiger charge is 2.21. The van der Waals surface area contributed by atoms with Crippen LogP contribution in [-0.2, 0) is 19.6 Å². The van der Waals surface area contributed by atoms with Gasteiger partial charge >= 0.3 is 0 Å². The van der Waals surface area contributed by atoms with E-state index in [2.05, 4.69) is 17.1 Å². The third-order valence-corrected chi connectivity index (χ3v) is 5.96. The minimum Gasteiger partial charge on any atom is -0.385 e. The summed E-state index contributed by atoms with van der Waals surface area (Å²) in [6.07, 6.45) is 4.14. The van der Waals surface area contributed by atoms with Crippen molar-refractivity contribution in [2.24, 2.45) is 5.92 Å². The van der Waals surface area contributed by atoms with E-state index in [0.717, 1.165) is 35.3 Å². The second-order valence-electron chi connectivity index (χ2n) is 7.15. The lowest BCUT2D eigenvalue weighted by Gasteiger charge is -2.32. The number of anilines is 2. The SMILES string of the molecule is COCCCNC(=O)CN(c1ccc(N2CCC(C)CC2)cc1)S(C)(=O)=O. The van der Waals surface area contributed by atoms with Gasteiger partial charge in [-0.1, -0.05) is 6.92 Å². The number of hydrogen-bond donors (Lipinski definition) is 1. The Hall–Kier alpha value is -1.80. The quantitative estimate of drug-likeness (QED) is 0.643.